The molecule has 1 heterocycles. The second kappa shape index (κ2) is 2.33. The zero-order valence-electron chi connectivity index (χ0n) is 5.05. The molecule has 3 N–H and O–H groups in total. The van der Waals surface area contributed by atoms with Crippen molar-refractivity contribution in [1.29, 1.82) is 0 Å². The highest BCUT2D eigenvalue weighted by atomic mass is 16.2. The highest BCUT2D eigenvalue weighted by molar-refractivity contribution is 6.10. The molecule has 0 bridgehead atoms. The van der Waals surface area contributed by atoms with Gasteiger partial charge in [0, 0.05) is 0 Å². The molecule has 1 aliphatic rings. The van der Waals surface area contributed by atoms with Crippen molar-refractivity contribution in [2.24, 2.45) is 10.7 Å². The Morgan fingerprint density at radius 3 is 2.90 bits per heavy atom. The second-order valence-electron chi connectivity index (χ2n) is 1.74. The molecule has 5 heteroatoms. The van der Waals surface area contributed by atoms with Crippen molar-refractivity contribution >= 4 is 17.8 Å². The minimum atomic E-state index is -0.517. The molecule has 0 aliphatic carbocycles. The summed E-state index contributed by atoms with van der Waals surface area (Å²) in [5.41, 5.74) is 5.36. The molecule has 5 nitrogen and oxygen atoms in total. The van der Waals surface area contributed by atoms with E-state index >= 15 is 0 Å². The molecule has 0 radical (unpaired) electrons. The third-order valence-corrected chi connectivity index (χ3v) is 1.07. The van der Waals surface area contributed by atoms with Gasteiger partial charge in [0.2, 0.25) is 0 Å². The Kier molecular flexibility index (Phi) is 1.51. The highest BCUT2D eigenvalue weighted by Gasteiger charge is 2.13. The van der Waals surface area contributed by atoms with E-state index in [4.69, 9.17) is 5.73 Å². The fourth-order valence-corrected chi connectivity index (χ4v) is 0.559. The van der Waals surface area contributed by atoms with E-state index in [2.05, 4.69) is 10.3 Å². The van der Waals surface area contributed by atoms with E-state index in [-0.39, 0.29) is 18.0 Å². The van der Waals surface area contributed by atoms with Gasteiger partial charge in [-0.3, -0.25) is 0 Å². The van der Waals surface area contributed by atoms with Crippen molar-refractivity contribution in [2.75, 3.05) is 6.54 Å². The summed E-state index contributed by atoms with van der Waals surface area (Å²) in [5.74, 6) is 1.53. The van der Waals surface area contributed by atoms with Gasteiger partial charge in [-0.1, -0.05) is 0 Å². The Balaban J connectivity index is 2.98. The molecular formula is C5H5N3O2. The molecule has 0 atom stereocenters. The standard InChI is InChI=1S/C5H5N3O2/c6-4-3(2-9)1-7-5(10)8-4/h1H2,(H3,6,7,8,10). The van der Waals surface area contributed by atoms with Gasteiger partial charge >= 0.3 is 6.03 Å². The molecule has 0 unspecified atom stereocenters. The molecule has 0 aromatic rings. The Morgan fingerprint density at radius 2 is 2.40 bits per heavy atom. The van der Waals surface area contributed by atoms with Crippen LogP contribution < -0.4 is 11.1 Å². The van der Waals surface area contributed by atoms with Gasteiger partial charge in [0.05, 0.1) is 12.1 Å². The van der Waals surface area contributed by atoms with E-state index in [0.29, 0.717) is 0 Å². The third kappa shape index (κ3) is 1.04. The average molecular weight is 139 g/mol. The van der Waals surface area contributed by atoms with Gasteiger partial charge in [-0.2, -0.15) is 4.99 Å². The van der Waals surface area contributed by atoms with Gasteiger partial charge in [0.25, 0.3) is 0 Å². The lowest BCUT2D eigenvalue weighted by Crippen LogP contribution is -2.35. The van der Waals surface area contributed by atoms with Crippen molar-refractivity contribution in [3.8, 4) is 0 Å². The predicted octanol–water partition coefficient (Wildman–Crippen LogP) is -1.18. The lowest BCUT2D eigenvalue weighted by Gasteiger charge is -2.08. The summed E-state index contributed by atoms with van der Waals surface area (Å²) in [4.78, 5) is 23.7. The number of carbonyl (C=O) groups excluding carboxylic acids is 2. The molecule has 52 valence electrons. The Morgan fingerprint density at radius 1 is 1.70 bits per heavy atom. The number of carbonyl (C=O) groups is 1. The zero-order chi connectivity index (χ0) is 7.56. The molecular weight excluding hydrogens is 134 g/mol. The number of amidine groups is 1. The number of hydrogen-bond donors (Lipinski definition) is 2. The summed E-state index contributed by atoms with van der Waals surface area (Å²) < 4.78 is 0. The average Bonchev–Trinajstić information content (AvgIpc) is 1.88. The maximum absolute atomic E-state index is 10.4. The first kappa shape index (κ1) is 6.51. The van der Waals surface area contributed by atoms with Gasteiger partial charge in [-0.15, -0.1) is 0 Å². The van der Waals surface area contributed by atoms with Crippen LogP contribution in [0.2, 0.25) is 0 Å². The van der Waals surface area contributed by atoms with Crippen LogP contribution in [0.5, 0.6) is 0 Å². The van der Waals surface area contributed by atoms with Gasteiger partial charge in [0.15, 0.2) is 0 Å². The number of amides is 2. The van der Waals surface area contributed by atoms with E-state index < -0.39 is 6.03 Å². The number of nitrogens with one attached hydrogen (secondary N) is 1. The first-order valence-electron chi connectivity index (χ1n) is 2.60. The smallest absolute Gasteiger partial charge is 0.343 e. The van der Waals surface area contributed by atoms with Crippen molar-refractivity contribution in [3.05, 3.63) is 5.57 Å². The van der Waals surface area contributed by atoms with Crippen LogP contribution in [0.4, 0.5) is 4.79 Å². The Labute approximate surface area is 56.6 Å². The minimum absolute atomic E-state index is 0.0428. The van der Waals surface area contributed by atoms with Gasteiger partial charge in [0.1, 0.15) is 11.8 Å². The summed E-state index contributed by atoms with van der Waals surface area (Å²) in [6, 6.07) is -0.517. The summed E-state index contributed by atoms with van der Waals surface area (Å²) in [5, 5.41) is 2.31. The Bertz CT molecular complexity index is 250. The molecule has 0 aromatic heterocycles. The van der Waals surface area contributed by atoms with Gasteiger partial charge < -0.3 is 11.1 Å². The van der Waals surface area contributed by atoms with Crippen LogP contribution in [0, 0.1) is 0 Å². The highest BCUT2D eigenvalue weighted by Crippen LogP contribution is 1.93. The Hall–Kier alpha value is -1.61. The van der Waals surface area contributed by atoms with E-state index in [1.807, 2.05) is 0 Å². The predicted molar refractivity (Wildman–Crippen MR) is 34.2 cm³/mol. The third-order valence-electron chi connectivity index (χ3n) is 1.07. The van der Waals surface area contributed by atoms with E-state index in [0.717, 1.165) is 0 Å². The molecule has 10 heavy (non-hydrogen) atoms. The number of urea groups is 1. The van der Waals surface area contributed by atoms with Crippen LogP contribution in [-0.4, -0.2) is 24.4 Å². The number of rotatable bonds is 0. The van der Waals surface area contributed by atoms with Crippen LogP contribution >= 0.6 is 0 Å². The van der Waals surface area contributed by atoms with E-state index in [9.17, 15) is 9.59 Å². The van der Waals surface area contributed by atoms with Crippen molar-refractivity contribution in [1.82, 2.24) is 5.32 Å². The van der Waals surface area contributed by atoms with E-state index in [1.165, 1.54) is 0 Å². The number of nitrogens with zero attached hydrogens (tertiary/aromatic N) is 1. The molecule has 0 aromatic carbocycles. The SMILES string of the molecule is NC1=NC(=O)NCC1=C=O. The van der Waals surface area contributed by atoms with Crippen LogP contribution in [0.3, 0.4) is 0 Å². The zero-order valence-corrected chi connectivity index (χ0v) is 5.05. The molecule has 0 saturated heterocycles. The molecule has 0 spiro atoms. The second-order valence-corrected chi connectivity index (χ2v) is 1.74. The topological polar surface area (TPSA) is 84.5 Å². The lowest BCUT2D eigenvalue weighted by molar-refractivity contribution is 0.249. The number of aliphatic imine (C=N–C) groups is 1. The minimum Gasteiger partial charge on any atom is -0.383 e. The monoisotopic (exact) mass is 139 g/mol. The van der Waals surface area contributed by atoms with Crippen LogP contribution in [0.25, 0.3) is 0 Å². The number of nitrogens with two attached hydrogens (primary N) is 1. The molecule has 0 saturated carbocycles. The maximum Gasteiger partial charge on any atom is 0.343 e. The van der Waals surface area contributed by atoms with Crippen molar-refractivity contribution in [3.63, 3.8) is 0 Å². The summed E-state index contributed by atoms with van der Waals surface area (Å²) in [6.45, 7) is 0.123. The maximum atomic E-state index is 10.4. The summed E-state index contributed by atoms with van der Waals surface area (Å²) >= 11 is 0. The van der Waals surface area contributed by atoms with E-state index in [1.54, 1.807) is 5.94 Å². The first-order valence-corrected chi connectivity index (χ1v) is 2.60. The molecule has 2 amide bonds. The van der Waals surface area contributed by atoms with Crippen molar-refractivity contribution < 1.29 is 9.59 Å². The molecule has 1 rings (SSSR count). The van der Waals surface area contributed by atoms with Crippen LogP contribution in [-0.2, 0) is 4.79 Å². The summed E-state index contributed by atoms with van der Waals surface area (Å²) in [7, 11) is 0. The van der Waals surface area contributed by atoms with Crippen LogP contribution in [0.1, 0.15) is 0 Å². The number of hydrogen-bond acceptors (Lipinski definition) is 3. The lowest BCUT2D eigenvalue weighted by atomic mass is 10.2. The largest absolute Gasteiger partial charge is 0.383 e. The van der Waals surface area contributed by atoms with Crippen LogP contribution in [0.15, 0.2) is 10.6 Å². The van der Waals surface area contributed by atoms with Crippen molar-refractivity contribution in [2.45, 2.75) is 0 Å². The van der Waals surface area contributed by atoms with Gasteiger partial charge in [-0.05, 0) is 0 Å². The first-order chi connectivity index (χ1) is 4.74. The normalized spacial score (nSPS) is 17.4. The molecule has 0 fully saturated rings. The quantitative estimate of drug-likeness (QED) is 0.414. The molecule has 1 aliphatic heterocycles. The summed E-state index contributed by atoms with van der Waals surface area (Å²) in [6.07, 6.45) is 0. The van der Waals surface area contributed by atoms with Gasteiger partial charge in [-0.25, -0.2) is 9.59 Å². The fraction of sp³-hybridized carbons (Fsp3) is 0.200. The fourth-order valence-electron chi connectivity index (χ4n) is 0.559.